The number of nitrogens with one attached hydrogen (secondary N) is 1. The fourth-order valence-electron chi connectivity index (χ4n) is 0.388. The van der Waals surface area contributed by atoms with E-state index in [1.807, 2.05) is 0 Å². The van der Waals surface area contributed by atoms with Crippen molar-refractivity contribution in [2.75, 3.05) is 6.54 Å². The second-order valence-electron chi connectivity index (χ2n) is 1.64. The van der Waals surface area contributed by atoms with Crippen LogP contribution in [0, 0.1) is 0 Å². The highest BCUT2D eigenvalue weighted by Gasteiger charge is 1.82. The predicted molar refractivity (Wildman–Crippen MR) is 45.2 cm³/mol. The zero-order valence-corrected chi connectivity index (χ0v) is 7.08. The van der Waals surface area contributed by atoms with Gasteiger partial charge in [0.25, 0.3) is 0 Å². The van der Waals surface area contributed by atoms with E-state index in [1.54, 1.807) is 0 Å². The van der Waals surface area contributed by atoms with Gasteiger partial charge < -0.3 is 5.32 Å². The summed E-state index contributed by atoms with van der Waals surface area (Å²) < 4.78 is 0.818. The quantitative estimate of drug-likeness (QED) is 0.371. The van der Waals surface area contributed by atoms with Crippen LogP contribution in [0.1, 0.15) is 19.8 Å². The highest BCUT2D eigenvalue weighted by molar-refractivity contribution is 7.89. The van der Waals surface area contributed by atoms with Crippen LogP contribution in [0.25, 0.3) is 0 Å². The van der Waals surface area contributed by atoms with E-state index in [-0.39, 0.29) is 0 Å². The Morgan fingerprint density at radius 1 is 1.75 bits per heavy atom. The van der Waals surface area contributed by atoms with E-state index in [4.69, 9.17) is 12.2 Å². The Hall–Kier alpha value is 0.320. The molecule has 8 heavy (non-hydrogen) atoms. The topological polar surface area (TPSA) is 12.0 Å². The minimum absolute atomic E-state index is 0.818. The van der Waals surface area contributed by atoms with Crippen LogP contribution in [0.3, 0.4) is 0 Å². The molecular formula is C5H12NPS. The van der Waals surface area contributed by atoms with Crippen LogP contribution in [0.4, 0.5) is 0 Å². The molecule has 0 aliphatic carbocycles. The van der Waals surface area contributed by atoms with Gasteiger partial charge in [-0.3, -0.25) is 0 Å². The Labute approximate surface area is 58.4 Å². The van der Waals surface area contributed by atoms with E-state index in [0.29, 0.717) is 0 Å². The van der Waals surface area contributed by atoms with E-state index >= 15 is 0 Å². The summed E-state index contributed by atoms with van der Waals surface area (Å²) in [7, 11) is 2.45. The summed E-state index contributed by atoms with van der Waals surface area (Å²) in [5, 5.41) is 3.04. The third-order valence-corrected chi connectivity index (χ3v) is 1.18. The molecule has 0 aliphatic heterocycles. The lowest BCUT2D eigenvalue weighted by Crippen LogP contribution is -2.16. The Kier molecular flexibility index (Phi) is 5.67. The molecule has 0 saturated carbocycles. The van der Waals surface area contributed by atoms with Crippen molar-refractivity contribution in [1.82, 2.24) is 5.32 Å². The minimum atomic E-state index is 0.818. The molecule has 0 bridgehead atoms. The summed E-state index contributed by atoms with van der Waals surface area (Å²) in [6, 6.07) is 0. The lowest BCUT2D eigenvalue weighted by Gasteiger charge is -1.98. The maximum Gasteiger partial charge on any atom is 0.0919 e. The summed E-state index contributed by atoms with van der Waals surface area (Å²) in [5.74, 6) is 0. The molecule has 0 aliphatic rings. The summed E-state index contributed by atoms with van der Waals surface area (Å²) in [6.45, 7) is 3.17. The van der Waals surface area contributed by atoms with Crippen molar-refractivity contribution in [1.29, 1.82) is 0 Å². The van der Waals surface area contributed by atoms with Crippen molar-refractivity contribution in [2.24, 2.45) is 0 Å². The minimum Gasteiger partial charge on any atom is -0.377 e. The van der Waals surface area contributed by atoms with E-state index in [2.05, 4.69) is 21.5 Å². The van der Waals surface area contributed by atoms with Gasteiger partial charge in [0.05, 0.1) is 4.73 Å². The van der Waals surface area contributed by atoms with Gasteiger partial charge >= 0.3 is 0 Å². The maximum absolute atomic E-state index is 4.76. The summed E-state index contributed by atoms with van der Waals surface area (Å²) in [4.78, 5) is 0. The standard InChI is InChI=1S/C5H12NPS/c1-2-3-4-6-5(7)8/h2-4,7H2,1H3,(H,6,8). The molecule has 3 heteroatoms. The molecule has 0 aromatic rings. The lowest BCUT2D eigenvalue weighted by molar-refractivity contribution is 0.763. The summed E-state index contributed by atoms with van der Waals surface area (Å²) in [6.07, 6.45) is 2.43. The first kappa shape index (κ1) is 8.32. The number of thiocarbonyl (C=S) groups is 1. The Bertz CT molecular complexity index is 74.8. The van der Waals surface area contributed by atoms with Crippen LogP contribution < -0.4 is 5.32 Å². The van der Waals surface area contributed by atoms with E-state index in [0.717, 1.165) is 11.3 Å². The van der Waals surface area contributed by atoms with Gasteiger partial charge in [0, 0.05) is 6.54 Å². The molecule has 0 rings (SSSR count). The van der Waals surface area contributed by atoms with Crippen LogP contribution in [0.2, 0.25) is 0 Å². The molecule has 1 nitrogen and oxygen atoms in total. The van der Waals surface area contributed by atoms with Gasteiger partial charge in [0.2, 0.25) is 0 Å². The monoisotopic (exact) mass is 149 g/mol. The Morgan fingerprint density at radius 2 is 2.38 bits per heavy atom. The van der Waals surface area contributed by atoms with Crippen molar-refractivity contribution in [3.8, 4) is 0 Å². The van der Waals surface area contributed by atoms with Gasteiger partial charge in [-0.05, 0) is 6.42 Å². The average Bonchev–Trinajstić information content (AvgIpc) is 1.66. The molecule has 0 spiro atoms. The van der Waals surface area contributed by atoms with Gasteiger partial charge in [0.1, 0.15) is 0 Å². The fraction of sp³-hybridized carbons (Fsp3) is 0.800. The van der Waals surface area contributed by atoms with Gasteiger partial charge in [-0.25, -0.2) is 0 Å². The number of rotatable bonds is 3. The molecule has 1 N–H and O–H groups in total. The second-order valence-corrected chi connectivity index (χ2v) is 3.08. The van der Waals surface area contributed by atoms with E-state index in [1.165, 1.54) is 12.8 Å². The molecule has 0 aromatic heterocycles. The molecular weight excluding hydrogens is 137 g/mol. The molecule has 1 atom stereocenters. The van der Waals surface area contributed by atoms with E-state index in [9.17, 15) is 0 Å². The zero-order valence-electron chi connectivity index (χ0n) is 5.11. The first-order chi connectivity index (χ1) is 3.77. The fourth-order valence-corrected chi connectivity index (χ4v) is 0.635. The first-order valence-corrected chi connectivity index (χ1v) is 3.79. The highest BCUT2D eigenvalue weighted by Crippen LogP contribution is 1.86. The first-order valence-electron chi connectivity index (χ1n) is 2.80. The average molecular weight is 149 g/mol. The largest absolute Gasteiger partial charge is 0.377 e. The Morgan fingerprint density at radius 3 is 2.75 bits per heavy atom. The predicted octanol–water partition coefficient (Wildman–Crippen LogP) is 1.54. The van der Waals surface area contributed by atoms with Gasteiger partial charge in [-0.1, -0.05) is 34.8 Å². The summed E-state index contributed by atoms with van der Waals surface area (Å²) in [5.41, 5.74) is 0. The molecule has 0 aromatic carbocycles. The van der Waals surface area contributed by atoms with Crippen LogP contribution in [-0.2, 0) is 0 Å². The van der Waals surface area contributed by atoms with Crippen LogP contribution in [0.15, 0.2) is 0 Å². The van der Waals surface area contributed by atoms with Crippen molar-refractivity contribution < 1.29 is 0 Å². The molecule has 0 saturated heterocycles. The summed E-state index contributed by atoms with van der Waals surface area (Å²) >= 11 is 4.76. The van der Waals surface area contributed by atoms with Crippen molar-refractivity contribution in [3.63, 3.8) is 0 Å². The van der Waals surface area contributed by atoms with Gasteiger partial charge in [0.15, 0.2) is 0 Å². The third kappa shape index (κ3) is 6.32. The molecule has 0 radical (unpaired) electrons. The normalized spacial score (nSPS) is 8.75. The smallest absolute Gasteiger partial charge is 0.0919 e. The van der Waals surface area contributed by atoms with Crippen LogP contribution >= 0.6 is 21.5 Å². The van der Waals surface area contributed by atoms with Crippen molar-refractivity contribution >= 4 is 26.2 Å². The van der Waals surface area contributed by atoms with Gasteiger partial charge in [-0.15, -0.1) is 0 Å². The lowest BCUT2D eigenvalue weighted by atomic mass is 10.3. The molecule has 48 valence electrons. The molecule has 0 heterocycles. The molecule has 0 fully saturated rings. The highest BCUT2D eigenvalue weighted by atomic mass is 32.1. The second kappa shape index (κ2) is 5.46. The zero-order chi connectivity index (χ0) is 6.41. The number of unbranched alkanes of at least 4 members (excludes halogenated alkanes) is 1. The van der Waals surface area contributed by atoms with E-state index < -0.39 is 0 Å². The number of hydrogen-bond acceptors (Lipinski definition) is 1. The van der Waals surface area contributed by atoms with Gasteiger partial charge in [-0.2, -0.15) is 0 Å². The van der Waals surface area contributed by atoms with Crippen molar-refractivity contribution in [2.45, 2.75) is 19.8 Å². The molecule has 0 amide bonds. The molecule has 1 unspecified atom stereocenters. The van der Waals surface area contributed by atoms with Crippen LogP contribution in [-0.4, -0.2) is 11.3 Å². The SMILES string of the molecule is CCCCNC(P)=S. The number of hydrogen-bond donors (Lipinski definition) is 1. The Balaban J connectivity index is 2.82. The maximum atomic E-state index is 4.76. The van der Waals surface area contributed by atoms with Crippen LogP contribution in [0.5, 0.6) is 0 Å². The third-order valence-electron chi connectivity index (χ3n) is 0.830. The van der Waals surface area contributed by atoms with Crippen molar-refractivity contribution in [3.05, 3.63) is 0 Å².